The highest BCUT2D eigenvalue weighted by Gasteiger charge is 2.29. The van der Waals surface area contributed by atoms with E-state index >= 15 is 0 Å². The number of alkyl halides is 3. The molecule has 1 unspecified atom stereocenters. The summed E-state index contributed by atoms with van der Waals surface area (Å²) in [5, 5.41) is 0. The van der Waals surface area contributed by atoms with Crippen LogP contribution in [0.4, 0.5) is 13.2 Å². The van der Waals surface area contributed by atoms with Crippen molar-refractivity contribution in [2.24, 2.45) is 5.92 Å². The molecule has 0 rings (SSSR count). The molecule has 0 saturated carbocycles. The zero-order valence-corrected chi connectivity index (χ0v) is 10.8. The Morgan fingerprint density at radius 3 is 2.44 bits per heavy atom. The van der Waals surface area contributed by atoms with E-state index in [1.807, 2.05) is 20.8 Å². The molecular weight excluding hydrogens is 237 g/mol. The molecule has 0 aromatic heterocycles. The van der Waals surface area contributed by atoms with Crippen molar-refractivity contribution in [3.05, 3.63) is 11.6 Å². The Morgan fingerprint density at radius 1 is 1.31 bits per heavy atom. The SMILES string of the molecule is CC(C)=CCCC(C)CCOSC(F)(F)F. The molecular formula is C11H19F3OS. The fourth-order valence-corrected chi connectivity index (χ4v) is 1.47. The van der Waals surface area contributed by atoms with Gasteiger partial charge in [0.1, 0.15) is 12.0 Å². The van der Waals surface area contributed by atoms with Crippen LogP contribution in [0.15, 0.2) is 11.6 Å². The Morgan fingerprint density at radius 2 is 1.94 bits per heavy atom. The molecule has 0 radical (unpaired) electrons. The average molecular weight is 256 g/mol. The van der Waals surface area contributed by atoms with Gasteiger partial charge in [-0.1, -0.05) is 18.6 Å². The minimum absolute atomic E-state index is 0.153. The second-order valence-corrected chi connectivity index (χ2v) is 4.97. The first-order valence-corrected chi connectivity index (χ1v) is 6.06. The summed E-state index contributed by atoms with van der Waals surface area (Å²) in [7, 11) is 0. The monoisotopic (exact) mass is 256 g/mol. The first kappa shape index (κ1) is 15.8. The maximum Gasteiger partial charge on any atom is 0.467 e. The maximum absolute atomic E-state index is 11.7. The predicted molar refractivity (Wildman–Crippen MR) is 62.0 cm³/mol. The molecule has 96 valence electrons. The number of hydrogen-bond acceptors (Lipinski definition) is 2. The summed E-state index contributed by atoms with van der Waals surface area (Å²) in [5.74, 6) is 0.393. The van der Waals surface area contributed by atoms with Gasteiger partial charge < -0.3 is 4.18 Å². The first-order valence-electron chi connectivity index (χ1n) is 5.32. The lowest BCUT2D eigenvalue weighted by molar-refractivity contribution is -0.0398. The normalized spacial score (nSPS) is 13.6. The standard InChI is InChI=1S/C11H19F3OS/c1-9(2)5-4-6-10(3)7-8-15-16-11(12,13)14/h5,10H,4,6-8H2,1-3H3. The molecule has 0 aliphatic carbocycles. The average Bonchev–Trinajstić information content (AvgIpc) is 2.10. The Labute approximate surface area is 99.6 Å². The largest absolute Gasteiger partial charge is 0.467 e. The van der Waals surface area contributed by atoms with E-state index in [1.165, 1.54) is 5.57 Å². The molecule has 0 aliphatic heterocycles. The number of hydrogen-bond donors (Lipinski definition) is 0. The first-order chi connectivity index (χ1) is 7.31. The molecule has 0 amide bonds. The molecule has 0 saturated heterocycles. The van der Waals surface area contributed by atoms with Crippen LogP contribution in [0.25, 0.3) is 0 Å². The minimum atomic E-state index is -4.29. The van der Waals surface area contributed by atoms with Gasteiger partial charge in [-0.25, -0.2) is 0 Å². The predicted octanol–water partition coefficient (Wildman–Crippen LogP) is 4.94. The summed E-state index contributed by atoms with van der Waals surface area (Å²) in [4.78, 5) is 0. The molecule has 1 atom stereocenters. The van der Waals surface area contributed by atoms with Crippen molar-refractivity contribution in [3.63, 3.8) is 0 Å². The van der Waals surface area contributed by atoms with E-state index in [2.05, 4.69) is 10.3 Å². The van der Waals surface area contributed by atoms with Crippen LogP contribution in [0.3, 0.4) is 0 Å². The van der Waals surface area contributed by atoms with Crippen LogP contribution in [-0.4, -0.2) is 12.1 Å². The molecule has 0 fully saturated rings. The second-order valence-electron chi connectivity index (χ2n) is 4.10. The smallest absolute Gasteiger partial charge is 0.308 e. The molecule has 1 nitrogen and oxygen atoms in total. The van der Waals surface area contributed by atoms with Gasteiger partial charge in [0.25, 0.3) is 0 Å². The molecule has 0 aromatic rings. The van der Waals surface area contributed by atoms with Gasteiger partial charge in [0, 0.05) is 0 Å². The Balaban J connectivity index is 3.44. The van der Waals surface area contributed by atoms with Gasteiger partial charge in [0.05, 0.1) is 6.61 Å². The van der Waals surface area contributed by atoms with E-state index in [-0.39, 0.29) is 6.61 Å². The van der Waals surface area contributed by atoms with Gasteiger partial charge >= 0.3 is 5.51 Å². The third-order valence-corrected chi connectivity index (χ3v) is 2.53. The fraction of sp³-hybridized carbons (Fsp3) is 0.818. The highest BCUT2D eigenvalue weighted by atomic mass is 32.2. The van der Waals surface area contributed by atoms with Gasteiger partial charge in [-0.3, -0.25) is 0 Å². The highest BCUT2D eigenvalue weighted by Crippen LogP contribution is 2.31. The van der Waals surface area contributed by atoms with Crippen LogP contribution < -0.4 is 0 Å². The molecule has 0 heterocycles. The maximum atomic E-state index is 11.7. The summed E-state index contributed by atoms with van der Waals surface area (Å²) in [6.07, 6.45) is 4.78. The fourth-order valence-electron chi connectivity index (χ4n) is 1.16. The summed E-state index contributed by atoms with van der Waals surface area (Å²) >= 11 is -0.408. The zero-order valence-electron chi connectivity index (χ0n) is 9.93. The zero-order chi connectivity index (χ0) is 12.6. The lowest BCUT2D eigenvalue weighted by atomic mass is 10.0. The third kappa shape index (κ3) is 11.9. The molecule has 5 heteroatoms. The summed E-state index contributed by atoms with van der Waals surface area (Å²) < 4.78 is 39.6. The Kier molecular flexibility index (Phi) is 7.93. The topological polar surface area (TPSA) is 9.23 Å². The van der Waals surface area contributed by atoms with Crippen molar-refractivity contribution >= 4 is 12.0 Å². The van der Waals surface area contributed by atoms with E-state index in [0.717, 1.165) is 12.8 Å². The molecule has 0 spiro atoms. The van der Waals surface area contributed by atoms with Gasteiger partial charge in [-0.05, 0) is 39.0 Å². The van der Waals surface area contributed by atoms with Crippen molar-refractivity contribution < 1.29 is 17.4 Å². The lowest BCUT2D eigenvalue weighted by Crippen LogP contribution is -2.04. The van der Waals surface area contributed by atoms with Crippen molar-refractivity contribution in [1.82, 2.24) is 0 Å². The van der Waals surface area contributed by atoms with E-state index in [9.17, 15) is 13.2 Å². The lowest BCUT2D eigenvalue weighted by Gasteiger charge is -2.10. The summed E-state index contributed by atoms with van der Waals surface area (Å²) in [6, 6.07) is 0. The Hall–Kier alpha value is -0.160. The van der Waals surface area contributed by atoms with Gasteiger partial charge in [-0.15, -0.1) is 0 Å². The van der Waals surface area contributed by atoms with Gasteiger partial charge in [0.15, 0.2) is 0 Å². The van der Waals surface area contributed by atoms with Crippen molar-refractivity contribution in [1.29, 1.82) is 0 Å². The Bertz CT molecular complexity index is 210. The van der Waals surface area contributed by atoms with Crippen molar-refractivity contribution in [2.45, 2.75) is 45.5 Å². The van der Waals surface area contributed by atoms with Crippen LogP contribution in [0.5, 0.6) is 0 Å². The molecule has 0 aliphatic rings. The molecule has 16 heavy (non-hydrogen) atoms. The van der Waals surface area contributed by atoms with Crippen LogP contribution >= 0.6 is 12.0 Å². The van der Waals surface area contributed by atoms with Crippen LogP contribution in [0, 0.1) is 5.92 Å². The van der Waals surface area contributed by atoms with Crippen molar-refractivity contribution in [3.8, 4) is 0 Å². The highest BCUT2D eigenvalue weighted by molar-refractivity contribution is 7.95. The second kappa shape index (κ2) is 8.01. The van der Waals surface area contributed by atoms with Crippen LogP contribution in [0.1, 0.15) is 40.0 Å². The number of rotatable bonds is 7. The number of allylic oxidation sites excluding steroid dienone is 2. The van der Waals surface area contributed by atoms with E-state index < -0.39 is 17.6 Å². The van der Waals surface area contributed by atoms with Gasteiger partial charge in [-0.2, -0.15) is 13.2 Å². The van der Waals surface area contributed by atoms with Crippen LogP contribution in [-0.2, 0) is 4.18 Å². The molecule has 0 N–H and O–H groups in total. The summed E-state index contributed by atoms with van der Waals surface area (Å²) in [6.45, 7) is 6.25. The minimum Gasteiger partial charge on any atom is -0.308 e. The van der Waals surface area contributed by atoms with Gasteiger partial charge in [0.2, 0.25) is 0 Å². The number of halogens is 3. The van der Waals surface area contributed by atoms with Crippen LogP contribution in [0.2, 0.25) is 0 Å². The molecule has 0 bridgehead atoms. The molecule has 0 aromatic carbocycles. The van der Waals surface area contributed by atoms with E-state index in [1.54, 1.807) is 0 Å². The van der Waals surface area contributed by atoms with Crippen molar-refractivity contribution in [2.75, 3.05) is 6.61 Å². The van der Waals surface area contributed by atoms with E-state index in [0.29, 0.717) is 12.3 Å². The summed E-state index contributed by atoms with van der Waals surface area (Å²) in [5.41, 5.74) is -3.01. The van der Waals surface area contributed by atoms with E-state index in [4.69, 9.17) is 0 Å². The quantitative estimate of drug-likeness (QED) is 0.362. The third-order valence-electron chi connectivity index (χ3n) is 2.06.